The normalized spacial score (nSPS) is 11.4. The van der Waals surface area contributed by atoms with Crippen LogP contribution in [0.4, 0.5) is 5.95 Å². The van der Waals surface area contributed by atoms with Gasteiger partial charge in [0, 0.05) is 5.56 Å². The average molecular weight is 399 g/mol. The van der Waals surface area contributed by atoms with Crippen molar-refractivity contribution in [1.29, 1.82) is 5.26 Å². The van der Waals surface area contributed by atoms with Gasteiger partial charge in [-0.05, 0) is 36.2 Å². The lowest BCUT2D eigenvalue weighted by molar-refractivity contribution is 0.415. The largest absolute Gasteiger partial charge is 0.495 e. The van der Waals surface area contributed by atoms with Crippen molar-refractivity contribution in [3.63, 3.8) is 0 Å². The Kier molecular flexibility index (Phi) is 6.35. The molecule has 8 heteroatoms. The molecule has 3 rings (SSSR count). The number of aromatic nitrogens is 2. The second-order valence-electron chi connectivity index (χ2n) is 6.41. The van der Waals surface area contributed by atoms with Crippen molar-refractivity contribution in [2.45, 2.75) is 13.5 Å². The fraction of sp³-hybridized carbons (Fsp3) is 0.136. The Hall–Kier alpha value is -4.25. The minimum Gasteiger partial charge on any atom is -0.495 e. The number of hydrogen-bond acceptors (Lipinski definition) is 8. The zero-order valence-corrected chi connectivity index (χ0v) is 16.7. The van der Waals surface area contributed by atoms with E-state index in [2.05, 4.69) is 26.1 Å². The maximum atomic E-state index is 9.33. The van der Waals surface area contributed by atoms with E-state index in [4.69, 9.17) is 16.3 Å². The number of methoxy groups -OCH3 is 1. The summed E-state index contributed by atoms with van der Waals surface area (Å²) in [6.45, 7) is 2.51. The molecule has 0 aliphatic heterocycles. The molecule has 4 N–H and O–H groups in total. The highest BCUT2D eigenvalue weighted by atomic mass is 16.5. The first-order valence-corrected chi connectivity index (χ1v) is 9.12. The maximum Gasteiger partial charge on any atom is 0.221 e. The van der Waals surface area contributed by atoms with Gasteiger partial charge in [-0.25, -0.2) is 9.97 Å². The van der Waals surface area contributed by atoms with E-state index in [9.17, 15) is 5.26 Å². The van der Waals surface area contributed by atoms with Crippen LogP contribution in [-0.4, -0.2) is 29.0 Å². The summed E-state index contributed by atoms with van der Waals surface area (Å²) in [5.74, 6) is 6.03. The zero-order chi connectivity index (χ0) is 21.5. The van der Waals surface area contributed by atoms with E-state index < -0.39 is 0 Å². The van der Waals surface area contributed by atoms with Crippen molar-refractivity contribution in [2.24, 2.45) is 15.9 Å². The van der Waals surface area contributed by atoms with E-state index in [0.29, 0.717) is 40.5 Å². The first-order valence-electron chi connectivity index (χ1n) is 9.12. The Labute approximate surface area is 174 Å². The molecule has 1 aromatic heterocycles. The van der Waals surface area contributed by atoms with Crippen LogP contribution >= 0.6 is 0 Å². The summed E-state index contributed by atoms with van der Waals surface area (Å²) in [7, 11) is 1.50. The smallest absolute Gasteiger partial charge is 0.221 e. The lowest BCUT2D eigenvalue weighted by Crippen LogP contribution is -2.12. The molecule has 0 fully saturated rings. The number of aryl methyl sites for hydroxylation is 1. The average Bonchev–Trinajstić information content (AvgIpc) is 2.76. The molecule has 3 aromatic rings. The molecule has 0 unspecified atom stereocenters. The van der Waals surface area contributed by atoms with E-state index in [1.165, 1.54) is 7.11 Å². The SMILES string of the molecule is COc1c(C#N)cccc1-c1cc(C(C=NCc2ccccc2C)=NN)nc(N)n1. The van der Waals surface area contributed by atoms with Gasteiger partial charge < -0.3 is 16.3 Å². The van der Waals surface area contributed by atoms with Gasteiger partial charge in [-0.1, -0.05) is 30.3 Å². The first-order chi connectivity index (χ1) is 14.6. The highest BCUT2D eigenvalue weighted by Crippen LogP contribution is 2.32. The Morgan fingerprint density at radius 1 is 1.20 bits per heavy atom. The van der Waals surface area contributed by atoms with Crippen molar-refractivity contribution in [3.05, 3.63) is 70.9 Å². The summed E-state index contributed by atoms with van der Waals surface area (Å²) in [6.07, 6.45) is 1.56. The van der Waals surface area contributed by atoms with Crippen LogP contribution in [0.3, 0.4) is 0 Å². The van der Waals surface area contributed by atoms with E-state index >= 15 is 0 Å². The number of aliphatic imine (C=N–C) groups is 1. The van der Waals surface area contributed by atoms with Gasteiger partial charge in [0.2, 0.25) is 5.95 Å². The molecule has 0 aliphatic rings. The summed E-state index contributed by atoms with van der Waals surface area (Å²) in [6, 6.07) is 17.0. The number of anilines is 1. The Morgan fingerprint density at radius 3 is 2.70 bits per heavy atom. The summed E-state index contributed by atoms with van der Waals surface area (Å²) in [4.78, 5) is 13.0. The number of benzene rings is 2. The van der Waals surface area contributed by atoms with Crippen LogP contribution in [-0.2, 0) is 6.54 Å². The highest BCUT2D eigenvalue weighted by molar-refractivity contribution is 6.37. The molecule has 0 atom stereocenters. The molecule has 0 aliphatic carbocycles. The van der Waals surface area contributed by atoms with Crippen LogP contribution in [0.1, 0.15) is 22.4 Å². The quantitative estimate of drug-likeness (QED) is 0.372. The number of nitrogens with zero attached hydrogens (tertiary/aromatic N) is 5. The molecule has 0 saturated carbocycles. The van der Waals surface area contributed by atoms with Crippen molar-refractivity contribution in [2.75, 3.05) is 12.8 Å². The lowest BCUT2D eigenvalue weighted by Gasteiger charge is -2.11. The number of nitriles is 1. The number of hydrazone groups is 1. The van der Waals surface area contributed by atoms with Crippen molar-refractivity contribution < 1.29 is 4.74 Å². The number of ether oxygens (including phenoxy) is 1. The number of rotatable bonds is 6. The van der Waals surface area contributed by atoms with Crippen LogP contribution in [0.2, 0.25) is 0 Å². The van der Waals surface area contributed by atoms with Gasteiger partial charge in [0.15, 0.2) is 0 Å². The molecule has 0 radical (unpaired) electrons. The molecule has 1 heterocycles. The molecule has 0 saturated heterocycles. The standard InChI is InChI=1S/C22H21N7O/c1-14-6-3-4-7-16(14)12-26-13-20(29-25)19-10-18(27-22(24)28-19)17-9-5-8-15(11-23)21(17)30-2/h3-10,13H,12,25H2,1-2H3,(H2,24,27,28). The van der Waals surface area contributed by atoms with Crippen LogP contribution in [0.25, 0.3) is 11.3 Å². The highest BCUT2D eigenvalue weighted by Gasteiger charge is 2.15. The van der Waals surface area contributed by atoms with Gasteiger partial charge in [0.25, 0.3) is 0 Å². The molecule has 0 amide bonds. The lowest BCUT2D eigenvalue weighted by atomic mass is 10.0. The third kappa shape index (κ3) is 4.42. The van der Waals surface area contributed by atoms with Crippen LogP contribution in [0, 0.1) is 18.3 Å². The monoisotopic (exact) mass is 399 g/mol. The number of nitrogens with two attached hydrogens (primary N) is 2. The predicted molar refractivity (Wildman–Crippen MR) is 117 cm³/mol. The third-order valence-corrected chi connectivity index (χ3v) is 4.50. The topological polar surface area (TPSA) is 136 Å². The summed E-state index contributed by atoms with van der Waals surface area (Å²) in [5, 5.41) is 13.1. The molecule has 150 valence electrons. The van der Waals surface area contributed by atoms with Crippen molar-refractivity contribution >= 4 is 17.9 Å². The van der Waals surface area contributed by atoms with Gasteiger partial charge in [-0.2, -0.15) is 10.4 Å². The van der Waals surface area contributed by atoms with Gasteiger partial charge in [0.05, 0.1) is 36.8 Å². The minimum absolute atomic E-state index is 0.0420. The molecular weight excluding hydrogens is 378 g/mol. The maximum absolute atomic E-state index is 9.33. The van der Waals surface area contributed by atoms with Gasteiger partial charge in [0.1, 0.15) is 17.5 Å². The van der Waals surface area contributed by atoms with Crippen molar-refractivity contribution in [1.82, 2.24) is 9.97 Å². The first kappa shape index (κ1) is 20.5. The molecule has 30 heavy (non-hydrogen) atoms. The van der Waals surface area contributed by atoms with E-state index in [-0.39, 0.29) is 5.95 Å². The Bertz CT molecular complexity index is 1160. The molecule has 8 nitrogen and oxygen atoms in total. The molecule has 0 bridgehead atoms. The minimum atomic E-state index is 0.0420. The number of hydrogen-bond donors (Lipinski definition) is 2. The number of para-hydroxylation sites is 1. The third-order valence-electron chi connectivity index (χ3n) is 4.50. The van der Waals surface area contributed by atoms with Crippen LogP contribution in [0.5, 0.6) is 5.75 Å². The Balaban J connectivity index is 1.96. The van der Waals surface area contributed by atoms with E-state index in [0.717, 1.165) is 11.1 Å². The molecule has 2 aromatic carbocycles. The molecular formula is C22H21N7O. The zero-order valence-electron chi connectivity index (χ0n) is 16.7. The fourth-order valence-corrected chi connectivity index (χ4v) is 2.97. The summed E-state index contributed by atoms with van der Waals surface area (Å²) < 4.78 is 5.41. The van der Waals surface area contributed by atoms with Gasteiger partial charge in [-0.15, -0.1) is 0 Å². The summed E-state index contributed by atoms with van der Waals surface area (Å²) >= 11 is 0. The van der Waals surface area contributed by atoms with Gasteiger partial charge in [-0.3, -0.25) is 4.99 Å². The van der Waals surface area contributed by atoms with Crippen LogP contribution < -0.4 is 16.3 Å². The second kappa shape index (κ2) is 9.30. The van der Waals surface area contributed by atoms with E-state index in [1.807, 2.05) is 31.2 Å². The van der Waals surface area contributed by atoms with E-state index in [1.54, 1.807) is 30.5 Å². The molecule has 0 spiro atoms. The number of nitrogen functional groups attached to an aromatic ring is 1. The van der Waals surface area contributed by atoms with Crippen LogP contribution in [0.15, 0.2) is 58.6 Å². The Morgan fingerprint density at radius 2 is 2.00 bits per heavy atom. The predicted octanol–water partition coefficient (Wildman–Crippen LogP) is 2.85. The van der Waals surface area contributed by atoms with Gasteiger partial charge >= 0.3 is 0 Å². The summed E-state index contributed by atoms with van der Waals surface area (Å²) in [5.41, 5.74) is 10.4. The second-order valence-corrected chi connectivity index (χ2v) is 6.41. The van der Waals surface area contributed by atoms with Crippen molar-refractivity contribution in [3.8, 4) is 23.1 Å². The fourth-order valence-electron chi connectivity index (χ4n) is 2.97.